The van der Waals surface area contributed by atoms with Crippen molar-refractivity contribution in [3.05, 3.63) is 23.8 Å². The van der Waals surface area contributed by atoms with E-state index in [2.05, 4.69) is 5.32 Å². The number of carbonyl (C=O) groups is 2. The number of hydrogen-bond donors (Lipinski definition) is 1. The van der Waals surface area contributed by atoms with Gasteiger partial charge in [-0.25, -0.2) is 4.79 Å². The fourth-order valence-electron chi connectivity index (χ4n) is 2.64. The molecule has 7 nitrogen and oxygen atoms in total. The van der Waals surface area contributed by atoms with Gasteiger partial charge in [0.05, 0.1) is 14.2 Å². The van der Waals surface area contributed by atoms with Crippen LogP contribution in [0.2, 0.25) is 0 Å². The second kappa shape index (κ2) is 7.76. The minimum absolute atomic E-state index is 0.180. The zero-order valence-electron chi connectivity index (χ0n) is 17.2. The van der Waals surface area contributed by atoms with Gasteiger partial charge < -0.3 is 19.5 Å². The van der Waals surface area contributed by atoms with Gasteiger partial charge in [0.2, 0.25) is 5.91 Å². The summed E-state index contributed by atoms with van der Waals surface area (Å²) >= 11 is 0. The largest absolute Gasteiger partial charge is 0.497 e. The van der Waals surface area contributed by atoms with E-state index in [0.717, 1.165) is 5.56 Å². The molecule has 2 atom stereocenters. The molecule has 2 unspecified atom stereocenters. The van der Waals surface area contributed by atoms with E-state index in [-0.39, 0.29) is 11.9 Å². The van der Waals surface area contributed by atoms with E-state index in [1.165, 1.54) is 0 Å². The van der Waals surface area contributed by atoms with Gasteiger partial charge in [0.25, 0.3) is 0 Å². The average Bonchev–Trinajstić information content (AvgIpc) is 3.31. The van der Waals surface area contributed by atoms with Gasteiger partial charge in [0.1, 0.15) is 28.7 Å². The Kier molecular flexibility index (Phi) is 6.04. The maximum Gasteiger partial charge on any atom is 0.331 e. The van der Waals surface area contributed by atoms with Crippen LogP contribution in [0, 0.1) is 0 Å². The summed E-state index contributed by atoms with van der Waals surface area (Å²) in [5, 5.41) is 2.80. The van der Waals surface area contributed by atoms with E-state index in [1.807, 2.05) is 17.0 Å². The maximum absolute atomic E-state index is 12.5. The number of methoxy groups -OCH3 is 2. The van der Waals surface area contributed by atoms with Crippen molar-refractivity contribution >= 4 is 11.9 Å². The van der Waals surface area contributed by atoms with Crippen molar-refractivity contribution in [2.24, 2.45) is 0 Å². The lowest BCUT2D eigenvalue weighted by atomic mass is 10.0. The monoisotopic (exact) mass is 378 g/mol. The summed E-state index contributed by atoms with van der Waals surface area (Å²) in [5.41, 5.74) is -0.693. The molecule has 0 radical (unpaired) electrons. The van der Waals surface area contributed by atoms with Gasteiger partial charge in [-0.3, -0.25) is 9.69 Å². The molecule has 7 heteroatoms. The second-order valence-electron chi connectivity index (χ2n) is 8.28. The van der Waals surface area contributed by atoms with Crippen LogP contribution in [0.4, 0.5) is 0 Å². The highest BCUT2D eigenvalue weighted by Gasteiger charge is 2.44. The second-order valence-corrected chi connectivity index (χ2v) is 8.28. The van der Waals surface area contributed by atoms with Gasteiger partial charge in [0.15, 0.2) is 0 Å². The maximum atomic E-state index is 12.5. The molecule has 0 spiro atoms. The highest BCUT2D eigenvalue weighted by atomic mass is 16.6. The quantitative estimate of drug-likeness (QED) is 0.579. The molecule has 1 aromatic rings. The van der Waals surface area contributed by atoms with Crippen LogP contribution in [-0.4, -0.2) is 54.7 Å². The smallest absolute Gasteiger partial charge is 0.331 e. The lowest BCUT2D eigenvalue weighted by Crippen LogP contribution is -2.53. The summed E-state index contributed by atoms with van der Waals surface area (Å²) < 4.78 is 15.9. The predicted octanol–water partition coefficient (Wildman–Crippen LogP) is 2.12. The molecule has 1 aliphatic heterocycles. The summed E-state index contributed by atoms with van der Waals surface area (Å²) in [6, 6.07) is 5.38. The van der Waals surface area contributed by atoms with Crippen LogP contribution in [0.15, 0.2) is 18.2 Å². The lowest BCUT2D eigenvalue weighted by Gasteiger charge is -2.29. The Labute approximate surface area is 161 Å². The first-order valence-corrected chi connectivity index (χ1v) is 8.96. The van der Waals surface area contributed by atoms with Gasteiger partial charge in [-0.15, -0.1) is 0 Å². The number of carbonyl (C=O) groups excluding carboxylic acids is 2. The Morgan fingerprint density at radius 2 is 1.63 bits per heavy atom. The summed E-state index contributed by atoms with van der Waals surface area (Å²) in [6.07, 6.45) is 0. The number of esters is 1. The summed E-state index contributed by atoms with van der Waals surface area (Å²) in [5.74, 6) is 0.783. The molecule has 27 heavy (non-hydrogen) atoms. The topological polar surface area (TPSA) is 76.9 Å². The fraction of sp³-hybridized carbons (Fsp3) is 0.600. The highest BCUT2D eigenvalue weighted by molar-refractivity contribution is 5.91. The third-order valence-electron chi connectivity index (χ3n) is 4.16. The number of nitrogens with zero attached hydrogens (tertiary/aromatic N) is 1. The van der Waals surface area contributed by atoms with Gasteiger partial charge in [-0.1, -0.05) is 0 Å². The van der Waals surface area contributed by atoms with E-state index in [1.54, 1.807) is 54.9 Å². The number of benzene rings is 1. The third kappa shape index (κ3) is 5.85. The van der Waals surface area contributed by atoms with Crippen molar-refractivity contribution in [1.82, 2.24) is 10.2 Å². The molecule has 1 aromatic carbocycles. The van der Waals surface area contributed by atoms with E-state index in [9.17, 15) is 9.59 Å². The molecule has 150 valence electrons. The van der Waals surface area contributed by atoms with Crippen LogP contribution in [0.25, 0.3) is 0 Å². The molecular formula is C20H30N2O5. The van der Waals surface area contributed by atoms with Crippen molar-refractivity contribution in [2.75, 3.05) is 20.8 Å². The number of hydrogen-bond acceptors (Lipinski definition) is 6. The minimum atomic E-state index is -1.09. The van der Waals surface area contributed by atoms with Crippen molar-refractivity contribution in [2.45, 2.75) is 58.3 Å². The minimum Gasteiger partial charge on any atom is -0.497 e. The Balaban J connectivity index is 1.94. The molecule has 1 heterocycles. The third-order valence-corrected chi connectivity index (χ3v) is 4.16. The van der Waals surface area contributed by atoms with Crippen LogP contribution in [0.3, 0.4) is 0 Å². The van der Waals surface area contributed by atoms with E-state index in [4.69, 9.17) is 14.2 Å². The first-order chi connectivity index (χ1) is 12.4. The first-order valence-electron chi connectivity index (χ1n) is 8.96. The van der Waals surface area contributed by atoms with Gasteiger partial charge >= 0.3 is 5.97 Å². The Bertz CT molecular complexity index is 687. The number of rotatable bonds is 7. The molecule has 0 aromatic heterocycles. The van der Waals surface area contributed by atoms with Crippen LogP contribution in [-0.2, 0) is 20.9 Å². The number of nitrogens with one attached hydrogen (secondary N) is 1. The lowest BCUT2D eigenvalue weighted by molar-refractivity contribution is -0.163. The molecule has 0 bridgehead atoms. The first kappa shape index (κ1) is 21.0. The summed E-state index contributed by atoms with van der Waals surface area (Å²) in [6.45, 7) is 9.93. The van der Waals surface area contributed by atoms with Crippen molar-refractivity contribution in [3.63, 3.8) is 0 Å². The van der Waals surface area contributed by atoms with Crippen molar-refractivity contribution in [3.8, 4) is 11.5 Å². The molecular weight excluding hydrogens is 348 g/mol. The van der Waals surface area contributed by atoms with E-state index < -0.39 is 17.1 Å². The Morgan fingerprint density at radius 1 is 1.07 bits per heavy atom. The molecule has 0 saturated carbocycles. The molecule has 1 N–H and O–H groups in total. The summed E-state index contributed by atoms with van der Waals surface area (Å²) in [7, 11) is 3.20. The average molecular weight is 378 g/mol. The van der Waals surface area contributed by atoms with Gasteiger partial charge in [-0.2, -0.15) is 0 Å². The number of ether oxygens (including phenoxy) is 3. The Hall–Kier alpha value is -2.28. The van der Waals surface area contributed by atoms with Crippen LogP contribution in [0.1, 0.15) is 40.2 Å². The fourth-order valence-corrected chi connectivity index (χ4v) is 2.64. The van der Waals surface area contributed by atoms with E-state index >= 15 is 0 Å². The predicted molar refractivity (Wildman–Crippen MR) is 102 cm³/mol. The molecule has 2 rings (SSSR count). The summed E-state index contributed by atoms with van der Waals surface area (Å²) in [4.78, 5) is 26.8. The SMILES string of the molecule is COc1cc(CN2CC2C(=O)NC(C)(C)C(=O)OC(C)(C)C)cc(OC)c1. The Morgan fingerprint density at radius 3 is 2.11 bits per heavy atom. The van der Waals surface area contributed by atoms with Crippen LogP contribution >= 0.6 is 0 Å². The van der Waals surface area contributed by atoms with Crippen LogP contribution in [0.5, 0.6) is 11.5 Å². The molecule has 0 aliphatic carbocycles. The molecule has 1 saturated heterocycles. The normalized spacial score (nSPS) is 19.2. The van der Waals surface area contributed by atoms with Gasteiger partial charge in [0, 0.05) is 19.2 Å². The zero-order valence-corrected chi connectivity index (χ0v) is 17.2. The van der Waals surface area contributed by atoms with Crippen LogP contribution < -0.4 is 14.8 Å². The van der Waals surface area contributed by atoms with Gasteiger partial charge in [-0.05, 0) is 52.3 Å². The highest BCUT2D eigenvalue weighted by Crippen LogP contribution is 2.27. The van der Waals surface area contributed by atoms with E-state index in [0.29, 0.717) is 24.6 Å². The molecule has 1 amide bonds. The number of amides is 1. The molecule has 1 fully saturated rings. The van der Waals surface area contributed by atoms with Crippen molar-refractivity contribution in [1.29, 1.82) is 0 Å². The van der Waals surface area contributed by atoms with Crippen molar-refractivity contribution < 1.29 is 23.8 Å². The zero-order chi connectivity index (χ0) is 20.4. The standard InChI is InChI=1S/C20H30N2O5/c1-19(2,3)27-18(24)20(4,5)21-17(23)16-12-22(16)11-13-8-14(25-6)10-15(9-13)26-7/h8-10,16H,11-12H2,1-7H3,(H,21,23). The molecule has 1 aliphatic rings.